The van der Waals surface area contributed by atoms with Crippen molar-refractivity contribution in [2.45, 2.75) is 25.9 Å². The maximum atomic E-state index is 6.06. The third kappa shape index (κ3) is 3.89. The van der Waals surface area contributed by atoms with Crippen LogP contribution in [0.5, 0.6) is 0 Å². The minimum atomic E-state index is 0.166. The summed E-state index contributed by atoms with van der Waals surface area (Å²) in [5, 5.41) is 5.43. The van der Waals surface area contributed by atoms with Crippen molar-refractivity contribution in [2.75, 3.05) is 0 Å². The molecule has 1 nitrogen and oxygen atoms in total. The van der Waals surface area contributed by atoms with Gasteiger partial charge in [0.15, 0.2) is 0 Å². The second kappa shape index (κ2) is 6.82. The summed E-state index contributed by atoms with van der Waals surface area (Å²) in [7, 11) is 0. The van der Waals surface area contributed by atoms with Crippen LogP contribution >= 0.6 is 34.8 Å². The molecule has 106 valence electrons. The van der Waals surface area contributed by atoms with Crippen LogP contribution in [0.3, 0.4) is 0 Å². The Labute approximate surface area is 134 Å². The van der Waals surface area contributed by atoms with E-state index >= 15 is 0 Å². The van der Waals surface area contributed by atoms with Crippen molar-refractivity contribution in [3.05, 3.63) is 68.7 Å². The number of nitrogens with one attached hydrogen (secondary N) is 1. The highest BCUT2D eigenvalue weighted by Gasteiger charge is 2.12. The average Bonchev–Trinajstić information content (AvgIpc) is 2.41. The van der Waals surface area contributed by atoms with Gasteiger partial charge in [-0.15, -0.1) is 0 Å². The highest BCUT2D eigenvalue weighted by Crippen LogP contribution is 2.27. The summed E-state index contributed by atoms with van der Waals surface area (Å²) in [6.07, 6.45) is 0. The standard InChI is InChI=1S/C16H16Cl3N/c1-10(12-4-3-5-14(17)8-12)20-11(2)13-6-7-15(18)16(19)9-13/h3-11,20H,1-2H3/t10-,11?/m1/s1. The van der Waals surface area contributed by atoms with Crippen LogP contribution in [0.4, 0.5) is 0 Å². The molecule has 2 aromatic carbocycles. The lowest BCUT2D eigenvalue weighted by Crippen LogP contribution is -2.22. The molecule has 2 aromatic rings. The highest BCUT2D eigenvalue weighted by molar-refractivity contribution is 6.42. The maximum absolute atomic E-state index is 6.06. The first kappa shape index (κ1) is 15.7. The van der Waals surface area contributed by atoms with Crippen LogP contribution in [0, 0.1) is 0 Å². The van der Waals surface area contributed by atoms with Crippen molar-refractivity contribution in [3.63, 3.8) is 0 Å². The minimum Gasteiger partial charge on any atom is -0.304 e. The van der Waals surface area contributed by atoms with E-state index in [0.29, 0.717) is 10.0 Å². The fourth-order valence-electron chi connectivity index (χ4n) is 2.13. The van der Waals surface area contributed by atoms with Crippen LogP contribution in [0.15, 0.2) is 42.5 Å². The largest absolute Gasteiger partial charge is 0.304 e. The summed E-state index contributed by atoms with van der Waals surface area (Å²) < 4.78 is 0. The summed E-state index contributed by atoms with van der Waals surface area (Å²) in [6, 6.07) is 13.9. The summed E-state index contributed by atoms with van der Waals surface area (Å²) in [5.41, 5.74) is 2.26. The van der Waals surface area contributed by atoms with Gasteiger partial charge in [0, 0.05) is 17.1 Å². The molecular weight excluding hydrogens is 313 g/mol. The zero-order valence-corrected chi connectivity index (χ0v) is 13.6. The molecule has 0 heterocycles. The molecule has 1 N–H and O–H groups in total. The van der Waals surface area contributed by atoms with E-state index in [0.717, 1.165) is 16.1 Å². The molecule has 0 amide bonds. The molecule has 0 aliphatic rings. The average molecular weight is 329 g/mol. The van der Waals surface area contributed by atoms with Gasteiger partial charge in [-0.2, -0.15) is 0 Å². The Morgan fingerprint density at radius 2 is 1.45 bits per heavy atom. The summed E-state index contributed by atoms with van der Waals surface area (Å²) >= 11 is 18.0. The Kier molecular flexibility index (Phi) is 5.34. The first-order valence-corrected chi connectivity index (χ1v) is 7.57. The van der Waals surface area contributed by atoms with E-state index in [1.807, 2.05) is 36.4 Å². The van der Waals surface area contributed by atoms with Gasteiger partial charge in [0.25, 0.3) is 0 Å². The SMILES string of the molecule is CC(N[C@H](C)c1cccc(Cl)c1)c1ccc(Cl)c(Cl)c1. The van der Waals surface area contributed by atoms with Crippen LogP contribution in [0.1, 0.15) is 37.1 Å². The first-order chi connectivity index (χ1) is 9.47. The van der Waals surface area contributed by atoms with Crippen LogP contribution in [0.25, 0.3) is 0 Å². The van der Waals surface area contributed by atoms with Gasteiger partial charge in [-0.1, -0.05) is 53.0 Å². The second-order valence-electron chi connectivity index (χ2n) is 4.84. The van der Waals surface area contributed by atoms with Gasteiger partial charge in [0.1, 0.15) is 0 Å². The van der Waals surface area contributed by atoms with Crippen LogP contribution in [-0.2, 0) is 0 Å². The monoisotopic (exact) mass is 327 g/mol. The number of benzene rings is 2. The van der Waals surface area contributed by atoms with Gasteiger partial charge in [0.2, 0.25) is 0 Å². The Morgan fingerprint density at radius 3 is 2.05 bits per heavy atom. The van der Waals surface area contributed by atoms with Crippen molar-refractivity contribution >= 4 is 34.8 Å². The van der Waals surface area contributed by atoms with Crippen molar-refractivity contribution in [3.8, 4) is 0 Å². The lowest BCUT2D eigenvalue weighted by atomic mass is 10.0. The smallest absolute Gasteiger partial charge is 0.0595 e. The van der Waals surface area contributed by atoms with Crippen molar-refractivity contribution in [2.24, 2.45) is 0 Å². The Balaban J connectivity index is 2.10. The minimum absolute atomic E-state index is 0.166. The van der Waals surface area contributed by atoms with E-state index in [2.05, 4.69) is 25.2 Å². The fraction of sp³-hybridized carbons (Fsp3) is 0.250. The topological polar surface area (TPSA) is 12.0 Å². The Hall–Kier alpha value is -0.730. The van der Waals surface area contributed by atoms with Crippen LogP contribution in [0.2, 0.25) is 15.1 Å². The van der Waals surface area contributed by atoms with Gasteiger partial charge >= 0.3 is 0 Å². The van der Waals surface area contributed by atoms with Crippen LogP contribution in [-0.4, -0.2) is 0 Å². The van der Waals surface area contributed by atoms with Gasteiger partial charge < -0.3 is 5.32 Å². The molecule has 0 fully saturated rings. The van der Waals surface area contributed by atoms with E-state index in [-0.39, 0.29) is 12.1 Å². The van der Waals surface area contributed by atoms with Gasteiger partial charge in [-0.25, -0.2) is 0 Å². The molecule has 20 heavy (non-hydrogen) atoms. The summed E-state index contributed by atoms with van der Waals surface area (Å²) in [4.78, 5) is 0. The van der Waals surface area contributed by atoms with E-state index in [4.69, 9.17) is 34.8 Å². The molecule has 0 spiro atoms. The zero-order valence-electron chi connectivity index (χ0n) is 11.3. The van der Waals surface area contributed by atoms with E-state index in [1.54, 1.807) is 0 Å². The third-order valence-electron chi connectivity index (χ3n) is 3.29. The number of hydrogen-bond donors (Lipinski definition) is 1. The zero-order chi connectivity index (χ0) is 14.7. The molecule has 4 heteroatoms. The number of halogens is 3. The maximum Gasteiger partial charge on any atom is 0.0595 e. The van der Waals surface area contributed by atoms with E-state index in [1.165, 1.54) is 0 Å². The van der Waals surface area contributed by atoms with Gasteiger partial charge in [-0.05, 0) is 49.2 Å². The molecule has 2 rings (SSSR count). The van der Waals surface area contributed by atoms with E-state index in [9.17, 15) is 0 Å². The molecule has 0 aliphatic carbocycles. The highest BCUT2D eigenvalue weighted by atomic mass is 35.5. The van der Waals surface area contributed by atoms with Crippen molar-refractivity contribution in [1.82, 2.24) is 5.32 Å². The van der Waals surface area contributed by atoms with Crippen molar-refractivity contribution in [1.29, 1.82) is 0 Å². The molecule has 0 saturated carbocycles. The summed E-state index contributed by atoms with van der Waals surface area (Å²) in [6.45, 7) is 4.21. The van der Waals surface area contributed by atoms with Crippen molar-refractivity contribution < 1.29 is 0 Å². The number of rotatable bonds is 4. The second-order valence-corrected chi connectivity index (χ2v) is 6.09. The van der Waals surface area contributed by atoms with E-state index < -0.39 is 0 Å². The van der Waals surface area contributed by atoms with Gasteiger partial charge in [-0.3, -0.25) is 0 Å². The predicted octanol–water partition coefficient (Wildman–Crippen LogP) is 6.06. The molecule has 0 bridgehead atoms. The quantitative estimate of drug-likeness (QED) is 0.719. The molecule has 0 radical (unpaired) electrons. The molecule has 2 atom stereocenters. The first-order valence-electron chi connectivity index (χ1n) is 6.44. The molecular formula is C16H16Cl3N. The lowest BCUT2D eigenvalue weighted by Gasteiger charge is -2.21. The van der Waals surface area contributed by atoms with Crippen LogP contribution < -0.4 is 5.32 Å². The molecule has 0 aliphatic heterocycles. The molecule has 0 aromatic heterocycles. The predicted molar refractivity (Wildman–Crippen MR) is 87.9 cm³/mol. The molecule has 0 saturated heterocycles. The summed E-state index contributed by atoms with van der Waals surface area (Å²) in [5.74, 6) is 0. The normalized spacial score (nSPS) is 14.1. The molecule has 1 unspecified atom stereocenters. The fourth-order valence-corrected chi connectivity index (χ4v) is 2.63. The Morgan fingerprint density at radius 1 is 0.800 bits per heavy atom. The van der Waals surface area contributed by atoms with Gasteiger partial charge in [0.05, 0.1) is 10.0 Å². The lowest BCUT2D eigenvalue weighted by molar-refractivity contribution is 0.495. The third-order valence-corrected chi connectivity index (χ3v) is 4.27. The number of hydrogen-bond acceptors (Lipinski definition) is 1. The Bertz CT molecular complexity index is 598.